The monoisotopic (exact) mass is 322 g/mol. The number of rotatable bonds is 2. The van der Waals surface area contributed by atoms with Gasteiger partial charge in [-0.3, -0.25) is 9.36 Å². The molecule has 1 aliphatic carbocycles. The third kappa shape index (κ3) is 2.29. The summed E-state index contributed by atoms with van der Waals surface area (Å²) in [7, 11) is 0. The summed E-state index contributed by atoms with van der Waals surface area (Å²) in [6.45, 7) is 2.31. The van der Waals surface area contributed by atoms with Gasteiger partial charge < -0.3 is 0 Å². The van der Waals surface area contributed by atoms with Gasteiger partial charge >= 0.3 is 5.69 Å². The molecule has 2 aromatic rings. The van der Waals surface area contributed by atoms with Gasteiger partial charge in [0.05, 0.1) is 5.69 Å². The summed E-state index contributed by atoms with van der Waals surface area (Å²) in [5.41, 5.74) is 0.478. The van der Waals surface area contributed by atoms with Gasteiger partial charge in [0, 0.05) is 22.8 Å². The van der Waals surface area contributed by atoms with E-state index in [4.69, 9.17) is 11.6 Å². The van der Waals surface area contributed by atoms with Crippen molar-refractivity contribution < 1.29 is 4.39 Å². The van der Waals surface area contributed by atoms with Crippen LogP contribution in [0.1, 0.15) is 31.0 Å². The average Bonchev–Trinajstić information content (AvgIpc) is 2.50. The van der Waals surface area contributed by atoms with E-state index in [-0.39, 0.29) is 10.7 Å². The lowest BCUT2D eigenvalue weighted by Crippen LogP contribution is -2.43. The summed E-state index contributed by atoms with van der Waals surface area (Å²) in [4.78, 5) is 25.3. The first-order valence-electron chi connectivity index (χ1n) is 7.37. The third-order valence-electron chi connectivity index (χ3n) is 4.11. The second kappa shape index (κ2) is 5.72. The maximum atomic E-state index is 14.2. The molecule has 4 nitrogen and oxygen atoms in total. The molecule has 0 unspecified atom stereocenters. The molecule has 1 aromatic heterocycles. The first-order valence-corrected chi connectivity index (χ1v) is 7.75. The molecule has 0 saturated carbocycles. The molecule has 1 heterocycles. The lowest BCUT2D eigenvalue weighted by atomic mass is 9.96. The Morgan fingerprint density at radius 2 is 1.95 bits per heavy atom. The largest absolute Gasteiger partial charge is 0.335 e. The van der Waals surface area contributed by atoms with E-state index in [0.29, 0.717) is 18.5 Å². The predicted molar refractivity (Wildman–Crippen MR) is 83.6 cm³/mol. The molecular formula is C16H16ClFN2O2. The Labute approximate surface area is 131 Å². The number of halogens is 2. The fraction of sp³-hybridized carbons (Fsp3) is 0.375. The fourth-order valence-corrected chi connectivity index (χ4v) is 3.24. The Hall–Kier alpha value is -1.88. The molecule has 1 aromatic carbocycles. The maximum absolute atomic E-state index is 14.2. The van der Waals surface area contributed by atoms with Gasteiger partial charge in [-0.25, -0.2) is 13.8 Å². The summed E-state index contributed by atoms with van der Waals surface area (Å²) in [5.74, 6) is -0.676. The second-order valence-corrected chi connectivity index (χ2v) is 5.83. The first kappa shape index (κ1) is 15.0. The molecule has 0 spiro atoms. The lowest BCUT2D eigenvalue weighted by Gasteiger charge is -2.21. The van der Waals surface area contributed by atoms with Crippen LogP contribution in [0.25, 0.3) is 5.69 Å². The minimum Gasteiger partial charge on any atom is -0.297 e. The summed E-state index contributed by atoms with van der Waals surface area (Å²) in [6, 6.07) is 3.95. The molecule has 116 valence electrons. The molecule has 22 heavy (non-hydrogen) atoms. The number of aromatic nitrogens is 2. The molecule has 0 radical (unpaired) electrons. The van der Waals surface area contributed by atoms with Crippen molar-refractivity contribution in [2.75, 3.05) is 0 Å². The molecule has 6 heteroatoms. The van der Waals surface area contributed by atoms with Crippen molar-refractivity contribution in [2.45, 2.75) is 39.2 Å². The van der Waals surface area contributed by atoms with Crippen LogP contribution in [0.15, 0.2) is 27.8 Å². The van der Waals surface area contributed by atoms with Gasteiger partial charge in [0.2, 0.25) is 0 Å². The standard InChI is InChI=1S/C16H16ClFN2O2/c1-2-19-13-6-4-3-5-11(13)15(21)20(16(19)22)14-8-7-10(17)9-12(14)18/h7-9H,2-6H2,1H3. The van der Waals surface area contributed by atoms with Crippen molar-refractivity contribution >= 4 is 11.6 Å². The molecule has 0 aliphatic heterocycles. The van der Waals surface area contributed by atoms with Gasteiger partial charge in [-0.2, -0.15) is 0 Å². The van der Waals surface area contributed by atoms with E-state index in [1.54, 1.807) is 4.57 Å². The summed E-state index contributed by atoms with van der Waals surface area (Å²) in [5, 5.41) is 0.225. The van der Waals surface area contributed by atoms with Crippen molar-refractivity contribution in [2.24, 2.45) is 0 Å². The van der Waals surface area contributed by atoms with E-state index in [0.717, 1.165) is 35.6 Å². The minimum absolute atomic E-state index is 0.0463. The van der Waals surface area contributed by atoms with E-state index in [1.165, 1.54) is 12.1 Å². The van der Waals surface area contributed by atoms with E-state index in [9.17, 15) is 14.0 Å². The van der Waals surface area contributed by atoms with Crippen LogP contribution < -0.4 is 11.2 Å². The summed E-state index contributed by atoms with van der Waals surface area (Å²) >= 11 is 5.75. The third-order valence-corrected chi connectivity index (χ3v) is 4.35. The highest BCUT2D eigenvalue weighted by molar-refractivity contribution is 6.30. The number of fused-ring (bicyclic) bond motifs is 1. The lowest BCUT2D eigenvalue weighted by molar-refractivity contribution is 0.544. The molecule has 0 atom stereocenters. The zero-order valence-electron chi connectivity index (χ0n) is 12.2. The van der Waals surface area contributed by atoms with E-state index in [1.807, 2.05) is 6.92 Å². The molecule has 0 bridgehead atoms. The number of hydrogen-bond donors (Lipinski definition) is 0. The van der Waals surface area contributed by atoms with Crippen molar-refractivity contribution in [3.63, 3.8) is 0 Å². The van der Waals surface area contributed by atoms with Crippen LogP contribution in [-0.4, -0.2) is 9.13 Å². The SMILES string of the molecule is CCn1c2c(c(=O)n(-c3ccc(Cl)cc3F)c1=O)CCCC2. The van der Waals surface area contributed by atoms with Gasteiger partial charge in [-0.05, 0) is 50.8 Å². The van der Waals surface area contributed by atoms with Crippen LogP contribution in [0.2, 0.25) is 5.02 Å². The molecule has 0 amide bonds. The maximum Gasteiger partial charge on any atom is 0.335 e. The molecular weight excluding hydrogens is 307 g/mol. The highest BCUT2D eigenvalue weighted by atomic mass is 35.5. The van der Waals surface area contributed by atoms with Crippen molar-refractivity contribution in [3.8, 4) is 5.69 Å². The Balaban J connectivity index is 2.37. The van der Waals surface area contributed by atoms with Gasteiger partial charge in [0.25, 0.3) is 5.56 Å². The Morgan fingerprint density at radius 3 is 2.64 bits per heavy atom. The molecule has 3 rings (SSSR count). The summed E-state index contributed by atoms with van der Waals surface area (Å²) < 4.78 is 16.7. The normalized spacial score (nSPS) is 14.0. The van der Waals surface area contributed by atoms with Crippen LogP contribution in [0, 0.1) is 5.82 Å². The van der Waals surface area contributed by atoms with Crippen LogP contribution in [0.3, 0.4) is 0 Å². The Kier molecular flexibility index (Phi) is 3.91. The van der Waals surface area contributed by atoms with Crippen LogP contribution >= 0.6 is 11.6 Å². The Morgan fingerprint density at radius 1 is 1.23 bits per heavy atom. The van der Waals surface area contributed by atoms with E-state index >= 15 is 0 Å². The second-order valence-electron chi connectivity index (χ2n) is 5.40. The average molecular weight is 323 g/mol. The van der Waals surface area contributed by atoms with Crippen molar-refractivity contribution in [3.05, 3.63) is 61.1 Å². The Bertz CT molecular complexity index is 823. The molecule has 1 aliphatic rings. The van der Waals surface area contributed by atoms with Gasteiger partial charge in [0.15, 0.2) is 0 Å². The first-order chi connectivity index (χ1) is 10.5. The number of hydrogen-bond acceptors (Lipinski definition) is 2. The van der Waals surface area contributed by atoms with Crippen LogP contribution in [0.5, 0.6) is 0 Å². The fourth-order valence-electron chi connectivity index (χ4n) is 3.08. The summed E-state index contributed by atoms with van der Waals surface area (Å²) in [6.07, 6.45) is 3.22. The van der Waals surface area contributed by atoms with Crippen LogP contribution in [-0.2, 0) is 19.4 Å². The quantitative estimate of drug-likeness (QED) is 0.853. The van der Waals surface area contributed by atoms with Gasteiger partial charge in [0.1, 0.15) is 5.82 Å². The molecule has 0 fully saturated rings. The number of benzene rings is 1. The smallest absolute Gasteiger partial charge is 0.297 e. The number of nitrogens with zero attached hydrogens (tertiary/aromatic N) is 2. The van der Waals surface area contributed by atoms with Crippen molar-refractivity contribution in [1.29, 1.82) is 0 Å². The highest BCUT2D eigenvalue weighted by Crippen LogP contribution is 2.20. The van der Waals surface area contributed by atoms with E-state index in [2.05, 4.69) is 0 Å². The van der Waals surface area contributed by atoms with Crippen molar-refractivity contribution in [1.82, 2.24) is 9.13 Å². The topological polar surface area (TPSA) is 44.0 Å². The van der Waals surface area contributed by atoms with Gasteiger partial charge in [-0.1, -0.05) is 11.6 Å². The van der Waals surface area contributed by atoms with E-state index < -0.39 is 17.1 Å². The molecule has 0 saturated heterocycles. The van der Waals surface area contributed by atoms with Gasteiger partial charge in [-0.15, -0.1) is 0 Å². The predicted octanol–water partition coefficient (Wildman–Crippen LogP) is 2.69. The zero-order chi connectivity index (χ0) is 15.9. The molecule has 0 N–H and O–H groups in total. The highest BCUT2D eigenvalue weighted by Gasteiger charge is 2.22. The van der Waals surface area contributed by atoms with Crippen LogP contribution in [0.4, 0.5) is 4.39 Å². The minimum atomic E-state index is -0.676. The zero-order valence-corrected chi connectivity index (χ0v) is 13.0.